The van der Waals surface area contributed by atoms with Crippen LogP contribution in [0.15, 0.2) is 77.7 Å². The molecule has 0 spiro atoms. The van der Waals surface area contributed by atoms with Crippen LogP contribution >= 0.6 is 0 Å². The van der Waals surface area contributed by atoms with Crippen molar-refractivity contribution in [3.8, 4) is 17.2 Å². The summed E-state index contributed by atoms with van der Waals surface area (Å²) in [7, 11) is -2.22. The summed E-state index contributed by atoms with van der Waals surface area (Å²) in [5.74, 6) is 1.66. The lowest BCUT2D eigenvalue weighted by atomic mass is 10.2. The van der Waals surface area contributed by atoms with Crippen molar-refractivity contribution >= 4 is 15.7 Å². The Kier molecular flexibility index (Phi) is 5.14. The maximum atomic E-state index is 12.7. The molecule has 0 aromatic heterocycles. The normalized spacial score (nSPS) is 11.0. The van der Waals surface area contributed by atoms with Gasteiger partial charge in [0.25, 0.3) is 10.0 Å². The summed E-state index contributed by atoms with van der Waals surface area (Å²) in [6.07, 6.45) is 0. The number of aryl methyl sites for hydroxylation is 1. The molecule has 0 atom stereocenters. The van der Waals surface area contributed by atoms with Gasteiger partial charge in [-0.3, -0.25) is 4.72 Å². The Hall–Kier alpha value is -2.99. The molecule has 6 heteroatoms. The van der Waals surface area contributed by atoms with Crippen LogP contribution in [0, 0.1) is 6.92 Å². The number of anilines is 1. The van der Waals surface area contributed by atoms with Gasteiger partial charge >= 0.3 is 0 Å². The Morgan fingerprint density at radius 2 is 1.58 bits per heavy atom. The highest BCUT2D eigenvalue weighted by Gasteiger charge is 2.17. The minimum Gasteiger partial charge on any atom is -0.497 e. The van der Waals surface area contributed by atoms with Crippen LogP contribution in [-0.2, 0) is 10.0 Å². The van der Waals surface area contributed by atoms with Crippen molar-refractivity contribution in [1.29, 1.82) is 0 Å². The molecule has 0 amide bonds. The first kappa shape index (κ1) is 17.8. The Balaban J connectivity index is 1.87. The van der Waals surface area contributed by atoms with Gasteiger partial charge in [0.1, 0.15) is 11.5 Å². The van der Waals surface area contributed by atoms with Crippen molar-refractivity contribution < 1.29 is 17.9 Å². The number of benzene rings is 3. The van der Waals surface area contributed by atoms with Gasteiger partial charge < -0.3 is 9.47 Å². The van der Waals surface area contributed by atoms with Crippen molar-refractivity contribution in [2.75, 3.05) is 11.8 Å². The molecule has 0 aliphatic heterocycles. The molecule has 5 nitrogen and oxygen atoms in total. The van der Waals surface area contributed by atoms with E-state index in [1.54, 1.807) is 36.4 Å². The van der Waals surface area contributed by atoms with Gasteiger partial charge in [-0.2, -0.15) is 0 Å². The van der Waals surface area contributed by atoms with E-state index in [0.717, 1.165) is 5.56 Å². The van der Waals surface area contributed by atoms with E-state index >= 15 is 0 Å². The Morgan fingerprint density at radius 3 is 2.27 bits per heavy atom. The minimum atomic E-state index is -3.75. The van der Waals surface area contributed by atoms with Crippen LogP contribution in [0.2, 0.25) is 0 Å². The second-order valence-electron chi connectivity index (χ2n) is 5.70. The number of para-hydroxylation sites is 2. The van der Waals surface area contributed by atoms with Crippen LogP contribution < -0.4 is 14.2 Å². The van der Waals surface area contributed by atoms with E-state index in [0.29, 0.717) is 22.9 Å². The van der Waals surface area contributed by atoms with Gasteiger partial charge in [0.15, 0.2) is 5.75 Å². The van der Waals surface area contributed by atoms with Crippen LogP contribution in [0.4, 0.5) is 5.69 Å². The number of ether oxygens (including phenoxy) is 2. The average Bonchev–Trinajstić information content (AvgIpc) is 2.63. The summed E-state index contributed by atoms with van der Waals surface area (Å²) in [5, 5.41) is 0. The zero-order chi connectivity index (χ0) is 18.6. The van der Waals surface area contributed by atoms with Gasteiger partial charge in [0.2, 0.25) is 0 Å². The van der Waals surface area contributed by atoms with E-state index in [2.05, 4.69) is 4.72 Å². The lowest BCUT2D eigenvalue weighted by Crippen LogP contribution is -2.13. The molecule has 0 unspecified atom stereocenters. The molecule has 0 saturated heterocycles. The standard InChI is InChI=1S/C20H19NO4S/c1-15-6-5-7-17(14-15)25-20-9-4-3-8-19(20)21-26(22,23)18-12-10-16(24-2)11-13-18/h3-14,21H,1-2H3. The summed E-state index contributed by atoms with van der Waals surface area (Å²) < 4.78 is 38.8. The average molecular weight is 369 g/mol. The summed E-state index contributed by atoms with van der Waals surface area (Å²) in [4.78, 5) is 0.142. The highest BCUT2D eigenvalue weighted by molar-refractivity contribution is 7.92. The van der Waals surface area contributed by atoms with Crippen LogP contribution in [0.25, 0.3) is 0 Å². The largest absolute Gasteiger partial charge is 0.497 e. The van der Waals surface area contributed by atoms with E-state index in [1.165, 1.54) is 19.2 Å². The fourth-order valence-electron chi connectivity index (χ4n) is 2.40. The summed E-state index contributed by atoms with van der Waals surface area (Å²) >= 11 is 0. The minimum absolute atomic E-state index is 0.142. The first-order valence-electron chi connectivity index (χ1n) is 7.98. The molecule has 0 aliphatic carbocycles. The lowest BCUT2D eigenvalue weighted by Gasteiger charge is -2.14. The Morgan fingerprint density at radius 1 is 0.846 bits per heavy atom. The van der Waals surface area contributed by atoms with Crippen LogP contribution in [0.1, 0.15) is 5.56 Å². The van der Waals surface area contributed by atoms with E-state index in [9.17, 15) is 8.42 Å². The van der Waals surface area contributed by atoms with Crippen molar-refractivity contribution in [1.82, 2.24) is 0 Å². The smallest absolute Gasteiger partial charge is 0.262 e. The van der Waals surface area contributed by atoms with Crippen molar-refractivity contribution in [3.63, 3.8) is 0 Å². The molecule has 0 fully saturated rings. The summed E-state index contributed by atoms with van der Waals surface area (Å²) in [6.45, 7) is 1.96. The molecule has 1 N–H and O–H groups in total. The maximum absolute atomic E-state index is 12.7. The number of rotatable bonds is 6. The Bertz CT molecular complexity index is 998. The monoisotopic (exact) mass is 369 g/mol. The fourth-order valence-corrected chi connectivity index (χ4v) is 3.47. The first-order chi connectivity index (χ1) is 12.5. The number of hydrogen-bond donors (Lipinski definition) is 1. The van der Waals surface area contributed by atoms with Crippen molar-refractivity contribution in [3.05, 3.63) is 78.4 Å². The van der Waals surface area contributed by atoms with E-state index in [1.807, 2.05) is 31.2 Å². The van der Waals surface area contributed by atoms with E-state index < -0.39 is 10.0 Å². The highest BCUT2D eigenvalue weighted by atomic mass is 32.2. The predicted octanol–water partition coefficient (Wildman–Crippen LogP) is 4.60. The molecule has 0 saturated carbocycles. The van der Waals surface area contributed by atoms with Crippen LogP contribution in [0.5, 0.6) is 17.2 Å². The number of nitrogens with one attached hydrogen (secondary N) is 1. The second-order valence-corrected chi connectivity index (χ2v) is 7.38. The quantitative estimate of drug-likeness (QED) is 0.690. The molecule has 0 radical (unpaired) electrons. The first-order valence-corrected chi connectivity index (χ1v) is 9.47. The SMILES string of the molecule is COc1ccc(S(=O)(=O)Nc2ccccc2Oc2cccc(C)c2)cc1. The molecule has 0 aliphatic rings. The van der Waals surface area contributed by atoms with Crippen LogP contribution in [-0.4, -0.2) is 15.5 Å². The molecule has 26 heavy (non-hydrogen) atoms. The van der Waals surface area contributed by atoms with Crippen molar-refractivity contribution in [2.24, 2.45) is 0 Å². The third-order valence-electron chi connectivity index (χ3n) is 3.72. The van der Waals surface area contributed by atoms with Gasteiger partial charge in [-0.05, 0) is 61.0 Å². The zero-order valence-electron chi connectivity index (χ0n) is 14.5. The van der Waals surface area contributed by atoms with Gasteiger partial charge in [0, 0.05) is 0 Å². The molecule has 3 rings (SSSR count). The van der Waals surface area contributed by atoms with Gasteiger partial charge in [0.05, 0.1) is 17.7 Å². The molecule has 134 valence electrons. The second kappa shape index (κ2) is 7.49. The number of methoxy groups -OCH3 is 1. The molecule has 3 aromatic rings. The summed E-state index contributed by atoms with van der Waals surface area (Å²) in [5.41, 5.74) is 1.42. The van der Waals surface area contributed by atoms with Crippen molar-refractivity contribution in [2.45, 2.75) is 11.8 Å². The zero-order valence-corrected chi connectivity index (χ0v) is 15.3. The predicted molar refractivity (Wildman–Crippen MR) is 101 cm³/mol. The van der Waals surface area contributed by atoms with E-state index in [-0.39, 0.29) is 4.90 Å². The Labute approximate surface area is 153 Å². The molecule has 0 heterocycles. The fraction of sp³-hybridized carbons (Fsp3) is 0.100. The molecule has 3 aromatic carbocycles. The number of hydrogen-bond acceptors (Lipinski definition) is 4. The van der Waals surface area contributed by atoms with Gasteiger partial charge in [-0.15, -0.1) is 0 Å². The topological polar surface area (TPSA) is 64.6 Å². The molecular weight excluding hydrogens is 350 g/mol. The van der Waals surface area contributed by atoms with Gasteiger partial charge in [-0.1, -0.05) is 24.3 Å². The highest BCUT2D eigenvalue weighted by Crippen LogP contribution is 2.31. The molecule has 0 bridgehead atoms. The van der Waals surface area contributed by atoms with Crippen LogP contribution in [0.3, 0.4) is 0 Å². The lowest BCUT2D eigenvalue weighted by molar-refractivity contribution is 0.414. The maximum Gasteiger partial charge on any atom is 0.262 e. The summed E-state index contributed by atoms with van der Waals surface area (Å²) in [6, 6.07) is 20.6. The van der Waals surface area contributed by atoms with Gasteiger partial charge in [-0.25, -0.2) is 8.42 Å². The molecular formula is C20H19NO4S. The third-order valence-corrected chi connectivity index (χ3v) is 5.10. The van der Waals surface area contributed by atoms with E-state index in [4.69, 9.17) is 9.47 Å². The third kappa shape index (κ3) is 4.15. The number of sulfonamides is 1.